The highest BCUT2D eigenvalue weighted by atomic mass is 19.1. The first-order valence-electron chi connectivity index (χ1n) is 7.86. The van der Waals surface area contributed by atoms with E-state index in [9.17, 15) is 9.50 Å². The summed E-state index contributed by atoms with van der Waals surface area (Å²) in [4.78, 5) is 2.30. The minimum absolute atomic E-state index is 0.0487. The summed E-state index contributed by atoms with van der Waals surface area (Å²) in [5.74, 6) is -0.227. The Balaban J connectivity index is 1.61. The van der Waals surface area contributed by atoms with Crippen molar-refractivity contribution in [2.45, 2.75) is 32.2 Å². The summed E-state index contributed by atoms with van der Waals surface area (Å²) in [5.41, 5.74) is 2.14. The fraction of sp³-hybridized carbons (Fsp3) is 0.471. The summed E-state index contributed by atoms with van der Waals surface area (Å²) in [6.07, 6.45) is 3.76. The van der Waals surface area contributed by atoms with Crippen molar-refractivity contribution in [2.24, 2.45) is 0 Å². The summed E-state index contributed by atoms with van der Waals surface area (Å²) in [6.45, 7) is 4.93. The van der Waals surface area contributed by atoms with Crippen molar-refractivity contribution in [3.8, 4) is 0 Å². The molecular formula is C17H22FN3O2. The smallest absolute Gasteiger partial charge is 0.123 e. The average Bonchev–Trinajstić information content (AvgIpc) is 2.99. The molecule has 2 aromatic rings. The van der Waals surface area contributed by atoms with Gasteiger partial charge >= 0.3 is 0 Å². The lowest BCUT2D eigenvalue weighted by atomic mass is 10.2. The molecule has 1 aliphatic heterocycles. The molecular weight excluding hydrogens is 297 g/mol. The zero-order valence-electron chi connectivity index (χ0n) is 13.2. The zero-order chi connectivity index (χ0) is 16.2. The van der Waals surface area contributed by atoms with Gasteiger partial charge in [-0.15, -0.1) is 0 Å². The van der Waals surface area contributed by atoms with Gasteiger partial charge in [0.2, 0.25) is 0 Å². The predicted octanol–water partition coefficient (Wildman–Crippen LogP) is 1.65. The molecule has 1 aliphatic rings. The van der Waals surface area contributed by atoms with Gasteiger partial charge in [-0.05, 0) is 24.6 Å². The monoisotopic (exact) mass is 319 g/mol. The third kappa shape index (κ3) is 4.16. The number of benzene rings is 1. The summed E-state index contributed by atoms with van der Waals surface area (Å²) in [5, 5.41) is 13.6. The summed E-state index contributed by atoms with van der Waals surface area (Å²) < 4.78 is 20.3. The standard InChI is InChI=1S/C17H22FN3O2/c1-13-12-23-17(11-22)10-20(13)7-15-6-19-21(9-15)8-14-2-4-16(18)5-3-14/h2-6,9,13,17,22H,7-8,10-12H2,1H3/t13-,17+/m1/s1. The number of morpholine rings is 1. The number of aliphatic hydroxyl groups excluding tert-OH is 1. The van der Waals surface area contributed by atoms with Crippen LogP contribution in [-0.2, 0) is 17.8 Å². The number of hydrogen-bond donors (Lipinski definition) is 1. The largest absolute Gasteiger partial charge is 0.394 e. The molecule has 124 valence electrons. The van der Waals surface area contributed by atoms with Gasteiger partial charge in [-0.25, -0.2) is 4.39 Å². The van der Waals surface area contributed by atoms with Crippen LogP contribution in [0.1, 0.15) is 18.1 Å². The zero-order valence-corrected chi connectivity index (χ0v) is 13.2. The normalized spacial score (nSPS) is 22.4. The van der Waals surface area contributed by atoms with Crippen LogP contribution in [0.15, 0.2) is 36.7 Å². The number of nitrogens with zero attached hydrogens (tertiary/aromatic N) is 3. The Bertz CT molecular complexity index is 629. The number of aliphatic hydroxyl groups is 1. The molecule has 3 rings (SSSR count). The van der Waals surface area contributed by atoms with Crippen LogP contribution in [0.25, 0.3) is 0 Å². The van der Waals surface area contributed by atoms with E-state index in [1.54, 1.807) is 12.1 Å². The second kappa shape index (κ2) is 7.21. The molecule has 2 atom stereocenters. The summed E-state index contributed by atoms with van der Waals surface area (Å²) in [6, 6.07) is 6.78. The molecule has 1 fully saturated rings. The van der Waals surface area contributed by atoms with Gasteiger partial charge in [0.05, 0.1) is 32.1 Å². The van der Waals surface area contributed by atoms with Gasteiger partial charge in [0, 0.05) is 30.9 Å². The van der Waals surface area contributed by atoms with E-state index in [0.717, 1.165) is 24.2 Å². The molecule has 0 bridgehead atoms. The van der Waals surface area contributed by atoms with Gasteiger partial charge in [-0.3, -0.25) is 9.58 Å². The molecule has 0 aliphatic carbocycles. The van der Waals surface area contributed by atoms with Gasteiger partial charge in [-0.1, -0.05) is 12.1 Å². The van der Waals surface area contributed by atoms with Crippen LogP contribution < -0.4 is 0 Å². The first kappa shape index (κ1) is 16.1. The molecule has 2 heterocycles. The second-order valence-corrected chi connectivity index (χ2v) is 6.09. The average molecular weight is 319 g/mol. The Morgan fingerprint density at radius 2 is 2.04 bits per heavy atom. The van der Waals surface area contributed by atoms with E-state index >= 15 is 0 Å². The molecule has 0 saturated carbocycles. The topological polar surface area (TPSA) is 50.5 Å². The quantitative estimate of drug-likeness (QED) is 0.910. The van der Waals surface area contributed by atoms with E-state index in [2.05, 4.69) is 16.9 Å². The van der Waals surface area contributed by atoms with Gasteiger partial charge in [-0.2, -0.15) is 5.10 Å². The molecule has 0 amide bonds. The highest BCUT2D eigenvalue weighted by molar-refractivity contribution is 5.17. The number of ether oxygens (including phenoxy) is 1. The predicted molar refractivity (Wildman–Crippen MR) is 84.4 cm³/mol. The van der Waals surface area contributed by atoms with Gasteiger partial charge in [0.25, 0.3) is 0 Å². The van der Waals surface area contributed by atoms with E-state index in [4.69, 9.17) is 4.74 Å². The maximum atomic E-state index is 12.9. The molecule has 1 N–H and O–H groups in total. The van der Waals surface area contributed by atoms with E-state index in [1.165, 1.54) is 12.1 Å². The maximum absolute atomic E-state index is 12.9. The van der Waals surface area contributed by atoms with Crippen LogP contribution in [0, 0.1) is 5.82 Å². The van der Waals surface area contributed by atoms with Gasteiger partial charge < -0.3 is 9.84 Å². The van der Waals surface area contributed by atoms with E-state index < -0.39 is 0 Å². The van der Waals surface area contributed by atoms with E-state index in [-0.39, 0.29) is 18.5 Å². The van der Waals surface area contributed by atoms with Crippen molar-refractivity contribution < 1.29 is 14.2 Å². The SMILES string of the molecule is C[C@@H]1CO[C@H](CO)CN1Cc1cnn(Cc2ccc(F)cc2)c1. The Morgan fingerprint density at radius 3 is 2.78 bits per heavy atom. The first-order chi connectivity index (χ1) is 11.1. The molecule has 5 nitrogen and oxygen atoms in total. The highest BCUT2D eigenvalue weighted by Crippen LogP contribution is 2.15. The lowest BCUT2D eigenvalue weighted by molar-refractivity contribution is -0.0805. The molecule has 0 unspecified atom stereocenters. The second-order valence-electron chi connectivity index (χ2n) is 6.09. The van der Waals surface area contributed by atoms with Crippen molar-refractivity contribution in [3.05, 3.63) is 53.6 Å². The van der Waals surface area contributed by atoms with Crippen LogP contribution >= 0.6 is 0 Å². The lowest BCUT2D eigenvalue weighted by Crippen LogP contribution is -2.48. The molecule has 6 heteroatoms. The third-order valence-electron chi connectivity index (χ3n) is 4.17. The van der Waals surface area contributed by atoms with Crippen molar-refractivity contribution in [2.75, 3.05) is 19.8 Å². The van der Waals surface area contributed by atoms with Crippen molar-refractivity contribution >= 4 is 0 Å². The number of aromatic nitrogens is 2. The Kier molecular flexibility index (Phi) is 5.05. The van der Waals surface area contributed by atoms with Crippen LogP contribution in [0.2, 0.25) is 0 Å². The van der Waals surface area contributed by atoms with Gasteiger partial charge in [0.1, 0.15) is 5.82 Å². The van der Waals surface area contributed by atoms with Crippen LogP contribution in [0.5, 0.6) is 0 Å². The number of hydrogen-bond acceptors (Lipinski definition) is 4. The minimum atomic E-state index is -0.227. The maximum Gasteiger partial charge on any atom is 0.123 e. The van der Waals surface area contributed by atoms with Crippen molar-refractivity contribution in [1.82, 2.24) is 14.7 Å². The third-order valence-corrected chi connectivity index (χ3v) is 4.17. The van der Waals surface area contributed by atoms with Crippen LogP contribution in [0.4, 0.5) is 4.39 Å². The number of rotatable bonds is 5. The fourth-order valence-electron chi connectivity index (χ4n) is 2.79. The Morgan fingerprint density at radius 1 is 1.26 bits per heavy atom. The molecule has 0 spiro atoms. The van der Waals surface area contributed by atoms with E-state index in [1.807, 2.05) is 17.1 Å². The van der Waals surface area contributed by atoms with Crippen LogP contribution in [0.3, 0.4) is 0 Å². The molecule has 23 heavy (non-hydrogen) atoms. The van der Waals surface area contributed by atoms with Crippen molar-refractivity contribution in [3.63, 3.8) is 0 Å². The lowest BCUT2D eigenvalue weighted by Gasteiger charge is -2.37. The summed E-state index contributed by atoms with van der Waals surface area (Å²) >= 11 is 0. The van der Waals surface area contributed by atoms with E-state index in [0.29, 0.717) is 19.2 Å². The molecule has 1 saturated heterocycles. The van der Waals surface area contributed by atoms with Gasteiger partial charge in [0.15, 0.2) is 0 Å². The molecule has 1 aromatic carbocycles. The van der Waals surface area contributed by atoms with Crippen molar-refractivity contribution in [1.29, 1.82) is 0 Å². The Labute approximate surface area is 135 Å². The highest BCUT2D eigenvalue weighted by Gasteiger charge is 2.25. The van der Waals surface area contributed by atoms with Crippen LogP contribution in [-0.4, -0.2) is 51.7 Å². The minimum Gasteiger partial charge on any atom is -0.394 e. The Hall–Kier alpha value is -1.76. The first-order valence-corrected chi connectivity index (χ1v) is 7.86. The fourth-order valence-corrected chi connectivity index (χ4v) is 2.79. The number of halogens is 1. The summed E-state index contributed by atoms with van der Waals surface area (Å²) in [7, 11) is 0. The molecule has 1 aromatic heterocycles. The molecule has 0 radical (unpaired) electrons.